The van der Waals surface area contributed by atoms with Gasteiger partial charge in [-0.2, -0.15) is 0 Å². The first-order valence-electron chi connectivity index (χ1n) is 14.5. The highest BCUT2D eigenvalue weighted by molar-refractivity contribution is 6.30. The van der Waals surface area contributed by atoms with Crippen molar-refractivity contribution in [1.82, 2.24) is 30.4 Å². The Morgan fingerprint density at radius 1 is 0.978 bits per heavy atom. The molecule has 12 nitrogen and oxygen atoms in total. The standard InChI is InChI=1S/C33H30ClN7O5/c1-18-39-40-33-25(38-30(19-3-7-21(34)8-4-19)24-15-23(46-2)10-11-26(24)41(18)33)16-28(43)36-17-29(44)35-14-13-22-9-5-20-6-12-27(42)32(45)31(20)37-22/h3-12,15,25,42,45H,13-14,16-17H2,1-2H3,(H,35,44)(H,36,43)/t25-/m0/s1. The molecule has 2 aromatic heterocycles. The molecular formula is C33H30ClN7O5. The third kappa shape index (κ3) is 6.20. The van der Waals surface area contributed by atoms with Crippen molar-refractivity contribution in [2.75, 3.05) is 20.2 Å². The summed E-state index contributed by atoms with van der Waals surface area (Å²) in [6, 6.07) is 18.9. The second-order valence-corrected chi connectivity index (χ2v) is 11.1. The molecule has 6 rings (SSSR count). The van der Waals surface area contributed by atoms with Gasteiger partial charge in [0.1, 0.15) is 23.1 Å². The number of amides is 2. The van der Waals surface area contributed by atoms with Crippen LogP contribution in [-0.4, -0.2) is 67.7 Å². The molecule has 0 saturated carbocycles. The molecule has 234 valence electrons. The summed E-state index contributed by atoms with van der Waals surface area (Å²) >= 11 is 6.17. The molecule has 0 unspecified atom stereocenters. The number of aromatic hydroxyl groups is 2. The molecule has 1 aliphatic rings. The van der Waals surface area contributed by atoms with E-state index in [9.17, 15) is 19.8 Å². The predicted octanol–water partition coefficient (Wildman–Crippen LogP) is 3.95. The zero-order chi connectivity index (χ0) is 32.4. The number of phenolic OH excluding ortho intramolecular Hbond substituents is 2. The highest BCUT2D eigenvalue weighted by Crippen LogP contribution is 2.35. The van der Waals surface area contributed by atoms with Crippen LogP contribution in [0.15, 0.2) is 71.7 Å². The Hall–Kier alpha value is -5.49. The van der Waals surface area contributed by atoms with Crippen LogP contribution >= 0.6 is 11.6 Å². The number of nitrogens with one attached hydrogen (secondary N) is 2. The summed E-state index contributed by atoms with van der Waals surface area (Å²) in [5.41, 5.74) is 3.91. The average molecular weight is 640 g/mol. The first kappa shape index (κ1) is 30.5. The Labute approximate surface area is 268 Å². The molecule has 4 N–H and O–H groups in total. The predicted molar refractivity (Wildman–Crippen MR) is 172 cm³/mol. The largest absolute Gasteiger partial charge is 0.504 e. The first-order chi connectivity index (χ1) is 22.2. The SMILES string of the molecule is COc1ccc2c(c1)C(c1ccc(Cl)cc1)=N[C@@H](CC(=O)NCC(=O)NCCc1ccc3ccc(O)c(O)c3n1)c1nnc(C)n1-2. The van der Waals surface area contributed by atoms with E-state index in [1.165, 1.54) is 6.07 Å². The van der Waals surface area contributed by atoms with Gasteiger partial charge >= 0.3 is 0 Å². The number of phenols is 2. The number of halogens is 1. The summed E-state index contributed by atoms with van der Waals surface area (Å²) in [7, 11) is 1.59. The van der Waals surface area contributed by atoms with Crippen molar-refractivity contribution in [3.63, 3.8) is 0 Å². The maximum atomic E-state index is 13.2. The number of fused-ring (bicyclic) bond motifs is 4. The molecule has 5 aromatic rings. The number of hydrogen-bond acceptors (Lipinski definition) is 9. The normalized spacial score (nSPS) is 13.7. The van der Waals surface area contributed by atoms with Gasteiger partial charge in [0.2, 0.25) is 11.8 Å². The zero-order valence-electron chi connectivity index (χ0n) is 25.0. The van der Waals surface area contributed by atoms with E-state index in [1.807, 2.05) is 41.8 Å². The van der Waals surface area contributed by atoms with E-state index in [2.05, 4.69) is 25.8 Å². The minimum Gasteiger partial charge on any atom is -0.504 e. The lowest BCUT2D eigenvalue weighted by Crippen LogP contribution is -2.38. The number of benzene rings is 3. The number of carbonyl (C=O) groups is 2. The number of methoxy groups -OCH3 is 1. The minimum atomic E-state index is -0.705. The van der Waals surface area contributed by atoms with E-state index >= 15 is 0 Å². The van der Waals surface area contributed by atoms with Gasteiger partial charge in [0, 0.05) is 40.2 Å². The Bertz CT molecular complexity index is 1990. The van der Waals surface area contributed by atoms with E-state index in [0.29, 0.717) is 45.6 Å². The van der Waals surface area contributed by atoms with Crippen LogP contribution < -0.4 is 15.4 Å². The van der Waals surface area contributed by atoms with Crippen LogP contribution in [0.25, 0.3) is 16.6 Å². The number of hydrogen-bond donors (Lipinski definition) is 4. The van der Waals surface area contributed by atoms with E-state index in [4.69, 9.17) is 21.3 Å². The minimum absolute atomic E-state index is 0.0784. The van der Waals surface area contributed by atoms with Gasteiger partial charge < -0.3 is 25.6 Å². The summed E-state index contributed by atoms with van der Waals surface area (Å²) < 4.78 is 7.39. The van der Waals surface area contributed by atoms with E-state index < -0.39 is 6.04 Å². The number of aryl methyl sites for hydroxylation is 1. The van der Waals surface area contributed by atoms with Crippen molar-refractivity contribution in [3.05, 3.63) is 100 Å². The highest BCUT2D eigenvalue weighted by atomic mass is 35.5. The molecule has 13 heteroatoms. The monoisotopic (exact) mass is 639 g/mol. The number of rotatable bonds is 9. The first-order valence-corrected chi connectivity index (χ1v) is 14.9. The summed E-state index contributed by atoms with van der Waals surface area (Å²) in [5, 5.41) is 35.2. The van der Waals surface area contributed by atoms with Crippen LogP contribution in [0.5, 0.6) is 17.2 Å². The molecule has 0 bridgehead atoms. The van der Waals surface area contributed by atoms with Crippen LogP contribution in [0.1, 0.15) is 40.9 Å². The Kier molecular flexibility index (Phi) is 8.53. The van der Waals surface area contributed by atoms with Gasteiger partial charge in [-0.25, -0.2) is 4.98 Å². The van der Waals surface area contributed by atoms with Crippen molar-refractivity contribution >= 4 is 40.0 Å². The van der Waals surface area contributed by atoms with Gasteiger partial charge in [-0.3, -0.25) is 19.1 Å². The van der Waals surface area contributed by atoms with Crippen LogP contribution in [-0.2, 0) is 16.0 Å². The smallest absolute Gasteiger partial charge is 0.239 e. The van der Waals surface area contributed by atoms with E-state index in [-0.39, 0.29) is 48.3 Å². The van der Waals surface area contributed by atoms with E-state index in [1.54, 1.807) is 37.4 Å². The number of pyridine rings is 1. The average Bonchev–Trinajstić information content (AvgIpc) is 3.38. The number of nitrogens with zero attached hydrogens (tertiary/aromatic N) is 5. The molecule has 1 atom stereocenters. The van der Waals surface area contributed by atoms with Crippen LogP contribution in [0.3, 0.4) is 0 Å². The lowest BCUT2D eigenvalue weighted by atomic mass is 10.00. The fraction of sp³-hybridized carbons (Fsp3) is 0.212. The van der Waals surface area contributed by atoms with Crippen molar-refractivity contribution in [1.29, 1.82) is 0 Å². The molecule has 0 saturated heterocycles. The summed E-state index contributed by atoms with van der Waals surface area (Å²) in [6.07, 6.45) is 0.306. The third-order valence-electron chi connectivity index (χ3n) is 7.65. The van der Waals surface area contributed by atoms with Crippen LogP contribution in [0.2, 0.25) is 5.02 Å². The third-order valence-corrected chi connectivity index (χ3v) is 7.90. The molecular weight excluding hydrogens is 610 g/mol. The molecule has 0 fully saturated rings. The molecule has 46 heavy (non-hydrogen) atoms. The van der Waals surface area contributed by atoms with Gasteiger partial charge in [-0.1, -0.05) is 29.8 Å². The summed E-state index contributed by atoms with van der Waals surface area (Å²) in [6.45, 7) is 1.86. The summed E-state index contributed by atoms with van der Waals surface area (Å²) in [4.78, 5) is 35.2. The van der Waals surface area contributed by atoms with Crippen molar-refractivity contribution in [2.24, 2.45) is 4.99 Å². The molecule has 3 aromatic carbocycles. The Morgan fingerprint density at radius 3 is 2.54 bits per heavy atom. The maximum absolute atomic E-state index is 13.2. The Balaban J connectivity index is 1.15. The van der Waals surface area contributed by atoms with Gasteiger partial charge in [0.05, 0.1) is 31.5 Å². The fourth-order valence-corrected chi connectivity index (χ4v) is 5.46. The van der Waals surface area contributed by atoms with Gasteiger partial charge in [-0.15, -0.1) is 10.2 Å². The fourth-order valence-electron chi connectivity index (χ4n) is 5.34. The second kappa shape index (κ2) is 12.9. The zero-order valence-corrected chi connectivity index (χ0v) is 25.7. The molecule has 0 aliphatic carbocycles. The topological polar surface area (TPSA) is 164 Å². The second-order valence-electron chi connectivity index (χ2n) is 10.7. The van der Waals surface area contributed by atoms with Gasteiger partial charge in [-0.05, 0) is 55.5 Å². The number of aromatic nitrogens is 4. The number of aliphatic imine (C=N–C) groups is 1. The van der Waals surface area contributed by atoms with Crippen molar-refractivity contribution < 1.29 is 24.5 Å². The highest BCUT2D eigenvalue weighted by Gasteiger charge is 2.30. The van der Waals surface area contributed by atoms with E-state index in [0.717, 1.165) is 16.8 Å². The molecule has 1 aliphatic heterocycles. The van der Waals surface area contributed by atoms with Gasteiger partial charge in [0.25, 0.3) is 0 Å². The van der Waals surface area contributed by atoms with Crippen molar-refractivity contribution in [2.45, 2.75) is 25.8 Å². The molecule has 2 amide bonds. The maximum Gasteiger partial charge on any atom is 0.239 e. The quantitative estimate of drug-likeness (QED) is 0.176. The van der Waals surface area contributed by atoms with Crippen LogP contribution in [0, 0.1) is 6.92 Å². The molecule has 3 heterocycles. The molecule has 0 radical (unpaired) electrons. The van der Waals surface area contributed by atoms with Crippen LogP contribution in [0.4, 0.5) is 0 Å². The van der Waals surface area contributed by atoms with Gasteiger partial charge in [0.15, 0.2) is 17.3 Å². The number of ether oxygens (including phenoxy) is 1. The summed E-state index contributed by atoms with van der Waals surface area (Å²) in [5.74, 6) is 0.463. The number of carbonyl (C=O) groups excluding carboxylic acids is 2. The molecule has 0 spiro atoms. The van der Waals surface area contributed by atoms with Crippen molar-refractivity contribution in [3.8, 4) is 22.9 Å². The Morgan fingerprint density at radius 2 is 1.76 bits per heavy atom. The lowest BCUT2D eigenvalue weighted by Gasteiger charge is -2.14. The lowest BCUT2D eigenvalue weighted by molar-refractivity contribution is -0.126.